The number of ether oxygens (including phenoxy) is 2. The fourth-order valence-electron chi connectivity index (χ4n) is 2.23. The maximum Gasteiger partial charge on any atom is 0.243 e. The van der Waals surface area contributed by atoms with Crippen molar-refractivity contribution in [2.75, 3.05) is 18.2 Å². The first-order valence-electron chi connectivity index (χ1n) is 7.75. The van der Waals surface area contributed by atoms with E-state index >= 15 is 0 Å². The molecule has 3 aromatic rings. The van der Waals surface area contributed by atoms with Gasteiger partial charge in [0.25, 0.3) is 0 Å². The van der Waals surface area contributed by atoms with Crippen LogP contribution in [0.1, 0.15) is 0 Å². The zero-order valence-corrected chi connectivity index (χ0v) is 16.0. The largest absolute Gasteiger partial charge is 0.495 e. The number of hydrogen-bond acceptors (Lipinski definition) is 7. The predicted octanol–water partition coefficient (Wildman–Crippen LogP) is 4.14. The monoisotopic (exact) mass is 402 g/mol. The first kappa shape index (κ1) is 18.8. The predicted molar refractivity (Wildman–Crippen MR) is 109 cm³/mol. The minimum absolute atomic E-state index is 0.177. The van der Waals surface area contributed by atoms with Crippen LogP contribution in [0.15, 0.2) is 48.7 Å². The SMILES string of the molecule is C=P(=O)c1ccc(Nc2ncc(Cl)c(Oc3cccc(N)c3)n2)c(OC)c1. The van der Waals surface area contributed by atoms with E-state index in [1.54, 1.807) is 42.5 Å². The normalized spacial score (nSPS) is 11.0. The summed E-state index contributed by atoms with van der Waals surface area (Å²) in [5, 5.41) is 3.86. The standard InChI is InChI=1S/C18H16ClN4O3P/c1-25-16-9-13(27(2)24)6-7-15(16)22-18-21-10-14(19)17(23-18)26-12-5-3-4-11(20)8-12/h3-10H,2,20H2,1H3,(H,21,22,23). The number of halogens is 1. The maximum atomic E-state index is 11.6. The van der Waals surface area contributed by atoms with Crippen LogP contribution in [0.5, 0.6) is 17.4 Å². The van der Waals surface area contributed by atoms with E-state index in [-0.39, 0.29) is 16.9 Å². The van der Waals surface area contributed by atoms with E-state index in [1.807, 2.05) is 0 Å². The van der Waals surface area contributed by atoms with Crippen LogP contribution in [-0.4, -0.2) is 23.4 Å². The second-order valence-corrected chi connectivity index (χ2v) is 7.09. The molecule has 3 N–H and O–H groups in total. The van der Waals surface area contributed by atoms with E-state index < -0.39 is 7.42 Å². The van der Waals surface area contributed by atoms with Crippen LogP contribution >= 0.6 is 19.0 Å². The van der Waals surface area contributed by atoms with Gasteiger partial charge in [0.05, 0.1) is 19.0 Å². The van der Waals surface area contributed by atoms with Crippen molar-refractivity contribution >= 4 is 48.0 Å². The van der Waals surface area contributed by atoms with Crippen LogP contribution < -0.4 is 25.8 Å². The number of aromatic nitrogens is 2. The number of nitrogens with one attached hydrogen (secondary N) is 1. The Labute approximate surface area is 161 Å². The van der Waals surface area contributed by atoms with Gasteiger partial charge in [0.2, 0.25) is 11.8 Å². The van der Waals surface area contributed by atoms with Crippen LogP contribution in [0, 0.1) is 0 Å². The van der Waals surface area contributed by atoms with E-state index in [0.717, 1.165) is 0 Å². The van der Waals surface area contributed by atoms with E-state index in [9.17, 15) is 4.57 Å². The molecule has 0 saturated heterocycles. The summed E-state index contributed by atoms with van der Waals surface area (Å²) in [7, 11) is -0.205. The molecule has 0 spiro atoms. The van der Waals surface area contributed by atoms with Crippen LogP contribution in [-0.2, 0) is 4.57 Å². The van der Waals surface area contributed by atoms with Crippen molar-refractivity contribution in [1.29, 1.82) is 0 Å². The molecular formula is C18H16ClN4O3P. The molecule has 0 amide bonds. The number of nitrogens with zero attached hydrogens (tertiary/aromatic N) is 2. The molecular weight excluding hydrogens is 387 g/mol. The molecule has 1 aromatic heterocycles. The Bertz CT molecular complexity index is 1050. The molecule has 138 valence electrons. The number of anilines is 3. The summed E-state index contributed by atoms with van der Waals surface area (Å²) in [6.07, 6.45) is 4.96. The van der Waals surface area contributed by atoms with Gasteiger partial charge in [0, 0.05) is 17.1 Å². The van der Waals surface area contributed by atoms with Gasteiger partial charge in [-0.3, -0.25) is 4.57 Å². The molecule has 0 fully saturated rings. The van der Waals surface area contributed by atoms with Crippen molar-refractivity contribution in [3.05, 3.63) is 53.7 Å². The Hall–Kier alpha value is -3.02. The van der Waals surface area contributed by atoms with Gasteiger partial charge in [0.1, 0.15) is 23.9 Å². The zero-order valence-electron chi connectivity index (χ0n) is 14.3. The van der Waals surface area contributed by atoms with Gasteiger partial charge in [-0.1, -0.05) is 17.7 Å². The summed E-state index contributed by atoms with van der Waals surface area (Å²) in [6.45, 7) is 0. The molecule has 2 aromatic carbocycles. The second kappa shape index (κ2) is 8.12. The third kappa shape index (κ3) is 4.58. The average molecular weight is 403 g/mol. The summed E-state index contributed by atoms with van der Waals surface area (Å²) in [6, 6.07) is 12.0. The molecule has 3 rings (SSSR count). The lowest BCUT2D eigenvalue weighted by Gasteiger charge is -2.12. The van der Waals surface area contributed by atoms with E-state index in [0.29, 0.717) is 28.2 Å². The Morgan fingerprint density at radius 1 is 1.26 bits per heavy atom. The van der Waals surface area contributed by atoms with Crippen molar-refractivity contribution in [2.45, 2.75) is 0 Å². The second-order valence-electron chi connectivity index (χ2n) is 5.41. The number of nitrogens with two attached hydrogens (primary N) is 1. The molecule has 1 atom stereocenters. The molecule has 1 unspecified atom stereocenters. The van der Waals surface area contributed by atoms with Crippen LogP contribution in [0.25, 0.3) is 0 Å². The molecule has 0 aliphatic rings. The number of methoxy groups -OCH3 is 1. The van der Waals surface area contributed by atoms with Crippen molar-refractivity contribution in [1.82, 2.24) is 9.97 Å². The maximum absolute atomic E-state index is 11.6. The zero-order chi connectivity index (χ0) is 19.4. The van der Waals surface area contributed by atoms with Crippen molar-refractivity contribution in [3.8, 4) is 17.4 Å². The van der Waals surface area contributed by atoms with Gasteiger partial charge >= 0.3 is 0 Å². The van der Waals surface area contributed by atoms with Crippen LogP contribution in [0.2, 0.25) is 5.02 Å². The summed E-state index contributed by atoms with van der Waals surface area (Å²) in [4.78, 5) is 8.42. The molecule has 0 radical (unpaired) electrons. The summed E-state index contributed by atoms with van der Waals surface area (Å²) in [5.41, 5.74) is 6.90. The molecule has 27 heavy (non-hydrogen) atoms. The summed E-state index contributed by atoms with van der Waals surface area (Å²) < 4.78 is 22.6. The number of hydrogen-bond donors (Lipinski definition) is 2. The molecule has 7 nitrogen and oxygen atoms in total. The topological polar surface area (TPSA) is 99.4 Å². The van der Waals surface area contributed by atoms with E-state index in [4.69, 9.17) is 26.8 Å². The Morgan fingerprint density at radius 2 is 2.07 bits per heavy atom. The third-order valence-electron chi connectivity index (χ3n) is 3.50. The Morgan fingerprint density at radius 3 is 2.78 bits per heavy atom. The minimum Gasteiger partial charge on any atom is -0.495 e. The fourth-order valence-corrected chi connectivity index (χ4v) is 2.86. The lowest BCUT2D eigenvalue weighted by atomic mass is 10.3. The molecule has 9 heteroatoms. The number of rotatable bonds is 6. The van der Waals surface area contributed by atoms with Crippen molar-refractivity contribution in [2.24, 2.45) is 0 Å². The molecule has 0 bridgehead atoms. The van der Waals surface area contributed by atoms with Gasteiger partial charge in [0.15, 0.2) is 0 Å². The van der Waals surface area contributed by atoms with Gasteiger partial charge in [-0.05, 0) is 36.6 Å². The fraction of sp³-hybridized carbons (Fsp3) is 0.0556. The highest BCUT2D eigenvalue weighted by atomic mass is 35.5. The highest BCUT2D eigenvalue weighted by Gasteiger charge is 2.11. The van der Waals surface area contributed by atoms with Crippen LogP contribution in [0.4, 0.5) is 17.3 Å². The first-order valence-corrected chi connectivity index (χ1v) is 9.57. The van der Waals surface area contributed by atoms with Gasteiger partial charge < -0.3 is 20.5 Å². The van der Waals surface area contributed by atoms with E-state index in [1.165, 1.54) is 13.3 Å². The molecule has 0 aliphatic heterocycles. The lowest BCUT2D eigenvalue weighted by molar-refractivity contribution is 0.417. The quantitative estimate of drug-likeness (QED) is 0.472. The van der Waals surface area contributed by atoms with Crippen molar-refractivity contribution in [3.63, 3.8) is 0 Å². The van der Waals surface area contributed by atoms with Crippen LogP contribution in [0.3, 0.4) is 0 Å². The average Bonchev–Trinajstić information content (AvgIpc) is 2.64. The Kier molecular flexibility index (Phi) is 5.64. The summed E-state index contributed by atoms with van der Waals surface area (Å²) in [5.74, 6) is 1.42. The minimum atomic E-state index is -1.72. The number of nitrogen functional groups attached to an aromatic ring is 1. The van der Waals surface area contributed by atoms with E-state index in [2.05, 4.69) is 21.6 Å². The third-order valence-corrected chi connectivity index (χ3v) is 4.62. The smallest absolute Gasteiger partial charge is 0.243 e. The van der Waals surface area contributed by atoms with Crippen molar-refractivity contribution < 1.29 is 14.0 Å². The summed E-state index contributed by atoms with van der Waals surface area (Å²) >= 11 is 6.13. The number of benzene rings is 2. The highest BCUT2D eigenvalue weighted by molar-refractivity contribution is 7.51. The molecule has 0 aliphatic carbocycles. The molecule has 1 heterocycles. The Balaban J connectivity index is 1.88. The lowest BCUT2D eigenvalue weighted by Crippen LogP contribution is -2.03. The van der Waals surface area contributed by atoms with Gasteiger partial charge in [-0.25, -0.2) is 4.98 Å². The van der Waals surface area contributed by atoms with Gasteiger partial charge in [-0.2, -0.15) is 4.98 Å². The highest BCUT2D eigenvalue weighted by Crippen LogP contribution is 2.31. The molecule has 0 saturated carbocycles. The van der Waals surface area contributed by atoms with Gasteiger partial charge in [-0.15, -0.1) is 0 Å². The first-order chi connectivity index (χ1) is 13.0.